The predicted molar refractivity (Wildman–Crippen MR) is 275 cm³/mol. The molecule has 0 radical (unpaired) electrons. The first-order valence-electron chi connectivity index (χ1n) is 28.7. The fraction of sp³-hybridized carbons (Fsp3) is 0.948. The zero-order chi connectivity index (χ0) is 46.8. The molecule has 0 bridgehead atoms. The molecule has 6 heteroatoms. The van der Waals surface area contributed by atoms with E-state index in [-0.39, 0.29) is 31.1 Å². The molecule has 0 heterocycles. The molecule has 0 unspecified atom stereocenters. The van der Waals surface area contributed by atoms with Crippen molar-refractivity contribution in [3.63, 3.8) is 0 Å². The average molecular weight is 906 g/mol. The van der Waals surface area contributed by atoms with Crippen LogP contribution >= 0.6 is 0 Å². The molecule has 6 nitrogen and oxygen atoms in total. The summed E-state index contributed by atoms with van der Waals surface area (Å²) in [5.74, 6) is 0.777. The molecule has 0 aliphatic carbocycles. The Labute approximate surface area is 399 Å². The van der Waals surface area contributed by atoms with Gasteiger partial charge in [0.1, 0.15) is 13.2 Å². The SMILES string of the molecule is CCCCCCCCCCCCCCCCCCC(=O)O[C@H](COC(=O)CCCCCCCCCCCCCCCCCCCCC(C)C)COC(=O)CCCCCCCCC(C)C. The molecular weight excluding hydrogens is 793 g/mol. The molecule has 0 fully saturated rings. The van der Waals surface area contributed by atoms with Gasteiger partial charge in [-0.25, -0.2) is 0 Å². The van der Waals surface area contributed by atoms with E-state index in [0.717, 1.165) is 69.6 Å². The van der Waals surface area contributed by atoms with Gasteiger partial charge in [0.2, 0.25) is 0 Å². The Balaban J connectivity index is 4.18. The van der Waals surface area contributed by atoms with Gasteiger partial charge in [-0.2, -0.15) is 0 Å². The minimum Gasteiger partial charge on any atom is -0.462 e. The van der Waals surface area contributed by atoms with Crippen LogP contribution in [-0.4, -0.2) is 37.2 Å². The van der Waals surface area contributed by atoms with E-state index in [1.165, 1.54) is 212 Å². The van der Waals surface area contributed by atoms with Crippen molar-refractivity contribution < 1.29 is 28.6 Å². The Bertz CT molecular complexity index is 978. The van der Waals surface area contributed by atoms with Crippen molar-refractivity contribution >= 4 is 17.9 Å². The second-order valence-electron chi connectivity index (χ2n) is 20.9. The Morgan fingerprint density at radius 3 is 0.766 bits per heavy atom. The molecule has 64 heavy (non-hydrogen) atoms. The monoisotopic (exact) mass is 905 g/mol. The molecule has 380 valence electrons. The maximum Gasteiger partial charge on any atom is 0.306 e. The van der Waals surface area contributed by atoms with Gasteiger partial charge in [-0.05, 0) is 31.1 Å². The van der Waals surface area contributed by atoms with E-state index < -0.39 is 6.10 Å². The summed E-state index contributed by atoms with van der Waals surface area (Å²) in [6.45, 7) is 11.4. The number of carbonyl (C=O) groups excluding carboxylic acids is 3. The summed E-state index contributed by atoms with van der Waals surface area (Å²) in [5.41, 5.74) is 0. The highest BCUT2D eigenvalue weighted by atomic mass is 16.6. The Hall–Kier alpha value is -1.59. The van der Waals surface area contributed by atoms with Gasteiger partial charge in [0, 0.05) is 19.3 Å². The van der Waals surface area contributed by atoms with Gasteiger partial charge in [-0.15, -0.1) is 0 Å². The van der Waals surface area contributed by atoms with Crippen LogP contribution in [0.25, 0.3) is 0 Å². The summed E-state index contributed by atoms with van der Waals surface area (Å²) in [6.07, 6.45) is 54.0. The molecular formula is C58H112O6. The molecule has 0 aromatic rings. The van der Waals surface area contributed by atoms with E-state index in [2.05, 4.69) is 34.6 Å². The van der Waals surface area contributed by atoms with E-state index in [1.54, 1.807) is 0 Å². The molecule has 0 aliphatic heterocycles. The van der Waals surface area contributed by atoms with Crippen LogP contribution in [0.1, 0.15) is 324 Å². The van der Waals surface area contributed by atoms with E-state index in [0.29, 0.717) is 19.3 Å². The highest BCUT2D eigenvalue weighted by Crippen LogP contribution is 2.18. The van der Waals surface area contributed by atoms with Gasteiger partial charge in [-0.3, -0.25) is 14.4 Å². The molecule has 0 aromatic carbocycles. The third-order valence-electron chi connectivity index (χ3n) is 13.2. The van der Waals surface area contributed by atoms with Crippen molar-refractivity contribution in [2.24, 2.45) is 11.8 Å². The standard InChI is InChI=1S/C58H112O6/c1-6-7-8-9-10-11-12-13-14-20-24-27-30-33-40-45-50-58(61)64-55(52-63-57(60)49-44-39-35-34-37-42-47-54(4)5)51-62-56(59)48-43-38-32-29-26-23-21-18-16-15-17-19-22-25-28-31-36-41-46-53(2)3/h53-55H,6-52H2,1-5H3/t55-/m1/s1. The third kappa shape index (κ3) is 51.4. The summed E-state index contributed by atoms with van der Waals surface area (Å²) in [6, 6.07) is 0. The largest absolute Gasteiger partial charge is 0.462 e. The van der Waals surface area contributed by atoms with Crippen LogP contribution in [0.4, 0.5) is 0 Å². The summed E-state index contributed by atoms with van der Waals surface area (Å²) in [7, 11) is 0. The van der Waals surface area contributed by atoms with E-state index in [4.69, 9.17) is 14.2 Å². The molecule has 0 amide bonds. The summed E-state index contributed by atoms with van der Waals surface area (Å²) in [4.78, 5) is 38.0. The third-order valence-corrected chi connectivity index (χ3v) is 13.2. The van der Waals surface area contributed by atoms with E-state index in [9.17, 15) is 14.4 Å². The number of esters is 3. The van der Waals surface area contributed by atoms with Crippen molar-refractivity contribution in [3.8, 4) is 0 Å². The molecule has 0 aliphatic rings. The Morgan fingerprint density at radius 1 is 0.297 bits per heavy atom. The van der Waals surface area contributed by atoms with Gasteiger partial charge in [0.15, 0.2) is 6.10 Å². The van der Waals surface area contributed by atoms with E-state index >= 15 is 0 Å². The minimum absolute atomic E-state index is 0.0636. The maximum absolute atomic E-state index is 12.8. The molecule has 0 aromatic heterocycles. The molecule has 0 saturated carbocycles. The van der Waals surface area contributed by atoms with Crippen molar-refractivity contribution in [2.45, 2.75) is 330 Å². The van der Waals surface area contributed by atoms with Crippen LogP contribution in [0.2, 0.25) is 0 Å². The lowest BCUT2D eigenvalue weighted by atomic mass is 10.0. The molecule has 0 spiro atoms. The molecule has 1 atom stereocenters. The van der Waals surface area contributed by atoms with Gasteiger partial charge in [0.25, 0.3) is 0 Å². The number of rotatable bonds is 52. The zero-order valence-corrected chi connectivity index (χ0v) is 43.9. The smallest absolute Gasteiger partial charge is 0.306 e. The second kappa shape index (κ2) is 50.8. The highest BCUT2D eigenvalue weighted by Gasteiger charge is 2.19. The fourth-order valence-electron chi connectivity index (χ4n) is 8.87. The number of ether oxygens (including phenoxy) is 3. The van der Waals surface area contributed by atoms with E-state index in [1.807, 2.05) is 0 Å². The average Bonchev–Trinajstić information content (AvgIpc) is 3.27. The molecule has 0 saturated heterocycles. The van der Waals surface area contributed by atoms with Gasteiger partial charge in [0.05, 0.1) is 0 Å². The van der Waals surface area contributed by atoms with Gasteiger partial charge in [-0.1, -0.05) is 285 Å². The second-order valence-corrected chi connectivity index (χ2v) is 20.9. The quantitative estimate of drug-likeness (QED) is 0.0344. The molecule has 0 N–H and O–H groups in total. The predicted octanol–water partition coefficient (Wildman–Crippen LogP) is 18.9. The van der Waals surface area contributed by atoms with Gasteiger partial charge < -0.3 is 14.2 Å². The van der Waals surface area contributed by atoms with Crippen LogP contribution in [-0.2, 0) is 28.6 Å². The first kappa shape index (κ1) is 62.4. The highest BCUT2D eigenvalue weighted by molar-refractivity contribution is 5.71. The minimum atomic E-state index is -0.762. The molecule has 0 rings (SSSR count). The Morgan fingerprint density at radius 2 is 0.516 bits per heavy atom. The van der Waals surface area contributed by atoms with Crippen molar-refractivity contribution in [2.75, 3.05) is 13.2 Å². The number of unbranched alkanes of at least 4 members (excludes halogenated alkanes) is 37. The van der Waals surface area contributed by atoms with Crippen LogP contribution < -0.4 is 0 Å². The Kier molecular flexibility index (Phi) is 49.6. The maximum atomic E-state index is 12.8. The van der Waals surface area contributed by atoms with Crippen LogP contribution in [0, 0.1) is 11.8 Å². The van der Waals surface area contributed by atoms with Crippen LogP contribution in [0.5, 0.6) is 0 Å². The fourth-order valence-corrected chi connectivity index (χ4v) is 8.87. The zero-order valence-electron chi connectivity index (χ0n) is 43.9. The van der Waals surface area contributed by atoms with Gasteiger partial charge >= 0.3 is 17.9 Å². The topological polar surface area (TPSA) is 78.9 Å². The van der Waals surface area contributed by atoms with Crippen LogP contribution in [0.3, 0.4) is 0 Å². The summed E-state index contributed by atoms with van der Waals surface area (Å²) in [5, 5.41) is 0. The summed E-state index contributed by atoms with van der Waals surface area (Å²) < 4.78 is 16.8. The summed E-state index contributed by atoms with van der Waals surface area (Å²) >= 11 is 0. The van der Waals surface area contributed by atoms with Crippen molar-refractivity contribution in [1.29, 1.82) is 0 Å². The van der Waals surface area contributed by atoms with Crippen molar-refractivity contribution in [1.82, 2.24) is 0 Å². The first-order valence-corrected chi connectivity index (χ1v) is 28.7. The number of hydrogen-bond acceptors (Lipinski definition) is 6. The van der Waals surface area contributed by atoms with Crippen LogP contribution in [0.15, 0.2) is 0 Å². The normalized spacial score (nSPS) is 12.0. The lowest BCUT2D eigenvalue weighted by molar-refractivity contribution is -0.167. The number of hydrogen-bond donors (Lipinski definition) is 0. The van der Waals surface area contributed by atoms with Crippen molar-refractivity contribution in [3.05, 3.63) is 0 Å². The lowest BCUT2D eigenvalue weighted by Crippen LogP contribution is -2.30. The lowest BCUT2D eigenvalue weighted by Gasteiger charge is -2.18. The number of carbonyl (C=O) groups is 3. The first-order chi connectivity index (χ1) is 31.2.